The van der Waals surface area contributed by atoms with Crippen LogP contribution in [-0.4, -0.2) is 49.0 Å². The third kappa shape index (κ3) is 4.27. The quantitative estimate of drug-likeness (QED) is 0.902. The van der Waals surface area contributed by atoms with Crippen molar-refractivity contribution >= 4 is 27.3 Å². The maximum atomic E-state index is 12.3. The predicted molar refractivity (Wildman–Crippen MR) is 87.7 cm³/mol. The third-order valence-electron chi connectivity index (χ3n) is 3.56. The highest BCUT2D eigenvalue weighted by atomic mass is 32.2. The first-order valence-electron chi connectivity index (χ1n) is 7.29. The van der Waals surface area contributed by atoms with Gasteiger partial charge in [-0.2, -0.15) is 0 Å². The van der Waals surface area contributed by atoms with Crippen LogP contribution in [0.15, 0.2) is 6.20 Å². The molecule has 8 heteroatoms. The number of sulfonamides is 1. The molecule has 1 N–H and O–H groups in total. The summed E-state index contributed by atoms with van der Waals surface area (Å²) in [5, 5.41) is 3.84. The Hall–Kier alpha value is -0.990. The highest BCUT2D eigenvalue weighted by Gasteiger charge is 2.28. The summed E-state index contributed by atoms with van der Waals surface area (Å²) in [7, 11) is -3.20. The number of hydrogen-bond acceptors (Lipinski definition) is 5. The van der Waals surface area contributed by atoms with Gasteiger partial charge < -0.3 is 5.32 Å². The van der Waals surface area contributed by atoms with E-state index in [-0.39, 0.29) is 17.4 Å². The zero-order chi connectivity index (χ0) is 16.5. The first kappa shape index (κ1) is 17.4. The summed E-state index contributed by atoms with van der Waals surface area (Å²) in [6.45, 7) is 7.03. The van der Waals surface area contributed by atoms with Gasteiger partial charge in [-0.05, 0) is 12.8 Å². The lowest BCUT2D eigenvalue weighted by Crippen LogP contribution is -2.49. The van der Waals surface area contributed by atoms with Crippen LogP contribution in [0.25, 0.3) is 0 Å². The van der Waals surface area contributed by atoms with Crippen molar-refractivity contribution in [3.63, 3.8) is 0 Å². The summed E-state index contributed by atoms with van der Waals surface area (Å²) in [6.07, 6.45) is 4.35. The van der Waals surface area contributed by atoms with Crippen molar-refractivity contribution in [3.05, 3.63) is 16.1 Å². The topological polar surface area (TPSA) is 79.4 Å². The Bertz CT molecular complexity index is 647. The van der Waals surface area contributed by atoms with Crippen LogP contribution in [-0.2, 0) is 15.4 Å². The van der Waals surface area contributed by atoms with Crippen molar-refractivity contribution in [1.29, 1.82) is 0 Å². The fraction of sp³-hybridized carbons (Fsp3) is 0.714. The van der Waals surface area contributed by atoms with Gasteiger partial charge in [-0.15, -0.1) is 11.3 Å². The van der Waals surface area contributed by atoms with Crippen molar-refractivity contribution in [1.82, 2.24) is 14.6 Å². The highest BCUT2D eigenvalue weighted by molar-refractivity contribution is 7.88. The van der Waals surface area contributed by atoms with E-state index in [1.807, 2.05) is 0 Å². The maximum absolute atomic E-state index is 12.3. The highest BCUT2D eigenvalue weighted by Crippen LogP contribution is 2.26. The summed E-state index contributed by atoms with van der Waals surface area (Å²) in [5.74, 6) is -0.173. The number of thiazole rings is 1. The molecule has 1 fully saturated rings. The Morgan fingerprint density at radius 2 is 2.14 bits per heavy atom. The SMILES string of the molecule is CC(C)(C)c1ncc(C(=O)NC2CCCN(S(C)(=O)=O)C2)s1. The second-order valence-electron chi connectivity index (χ2n) is 6.71. The van der Waals surface area contributed by atoms with Gasteiger partial charge in [0.1, 0.15) is 4.88 Å². The van der Waals surface area contributed by atoms with Crippen molar-refractivity contribution < 1.29 is 13.2 Å². The number of nitrogens with zero attached hydrogens (tertiary/aromatic N) is 2. The van der Waals surface area contributed by atoms with Gasteiger partial charge in [-0.3, -0.25) is 4.79 Å². The summed E-state index contributed by atoms with van der Waals surface area (Å²) >= 11 is 1.39. The van der Waals surface area contributed by atoms with E-state index >= 15 is 0 Å². The van der Waals surface area contributed by atoms with Crippen LogP contribution < -0.4 is 5.32 Å². The second kappa shape index (κ2) is 6.25. The van der Waals surface area contributed by atoms with Gasteiger partial charge in [0.2, 0.25) is 10.0 Å². The van der Waals surface area contributed by atoms with E-state index in [2.05, 4.69) is 31.1 Å². The molecule has 0 aliphatic carbocycles. The number of amides is 1. The fourth-order valence-electron chi connectivity index (χ4n) is 2.34. The van der Waals surface area contributed by atoms with Crippen LogP contribution in [0.1, 0.15) is 48.3 Å². The number of aromatic nitrogens is 1. The van der Waals surface area contributed by atoms with E-state index in [9.17, 15) is 13.2 Å². The van der Waals surface area contributed by atoms with Gasteiger partial charge in [0.05, 0.1) is 17.5 Å². The molecule has 124 valence electrons. The number of carbonyl (C=O) groups excluding carboxylic acids is 1. The first-order valence-corrected chi connectivity index (χ1v) is 9.96. The van der Waals surface area contributed by atoms with E-state index < -0.39 is 10.0 Å². The van der Waals surface area contributed by atoms with Crippen LogP contribution in [0.5, 0.6) is 0 Å². The lowest BCUT2D eigenvalue weighted by Gasteiger charge is -2.31. The molecule has 6 nitrogen and oxygen atoms in total. The predicted octanol–water partition coefficient (Wildman–Crippen LogP) is 1.59. The van der Waals surface area contributed by atoms with Gasteiger partial charge in [0.25, 0.3) is 5.91 Å². The van der Waals surface area contributed by atoms with Gasteiger partial charge in [-0.1, -0.05) is 20.8 Å². The molecule has 1 aromatic heterocycles. The summed E-state index contributed by atoms with van der Waals surface area (Å²) in [4.78, 5) is 17.2. The van der Waals surface area contributed by atoms with Crippen molar-refractivity contribution in [2.75, 3.05) is 19.3 Å². The summed E-state index contributed by atoms with van der Waals surface area (Å²) in [5.41, 5.74) is -0.0822. The molecular weight excluding hydrogens is 322 g/mol. The molecule has 1 aliphatic rings. The average Bonchev–Trinajstić information content (AvgIpc) is 2.87. The molecule has 1 unspecified atom stereocenters. The van der Waals surface area contributed by atoms with Gasteiger partial charge in [-0.25, -0.2) is 17.7 Å². The van der Waals surface area contributed by atoms with Gasteiger partial charge >= 0.3 is 0 Å². The Kier molecular flexibility index (Phi) is 4.93. The Labute approximate surface area is 136 Å². The molecule has 0 bridgehead atoms. The smallest absolute Gasteiger partial charge is 0.263 e. The molecule has 2 rings (SSSR count). The lowest BCUT2D eigenvalue weighted by atomic mass is 9.98. The fourth-order valence-corrected chi connectivity index (χ4v) is 4.13. The Morgan fingerprint density at radius 3 is 2.68 bits per heavy atom. The normalized spacial score (nSPS) is 20.8. The lowest BCUT2D eigenvalue weighted by molar-refractivity contribution is 0.0925. The Balaban J connectivity index is 2.01. The standard InChI is InChI=1S/C14H23N3O3S2/c1-14(2,3)13-15-8-11(21-13)12(18)16-10-6-5-7-17(9-10)22(4,19)20/h8,10H,5-7,9H2,1-4H3,(H,16,18). The minimum Gasteiger partial charge on any atom is -0.347 e. The monoisotopic (exact) mass is 345 g/mol. The molecule has 0 radical (unpaired) electrons. The van der Waals surface area contributed by atoms with Crippen molar-refractivity contribution in [3.8, 4) is 0 Å². The molecule has 1 aromatic rings. The van der Waals surface area contributed by atoms with Crippen LogP contribution >= 0.6 is 11.3 Å². The maximum Gasteiger partial charge on any atom is 0.263 e. The van der Waals surface area contributed by atoms with Gasteiger partial charge in [0, 0.05) is 24.5 Å². The largest absolute Gasteiger partial charge is 0.347 e. The molecule has 0 aromatic carbocycles. The minimum absolute atomic E-state index is 0.0822. The van der Waals surface area contributed by atoms with E-state index in [0.29, 0.717) is 18.0 Å². The number of carbonyl (C=O) groups is 1. The van der Waals surface area contributed by atoms with E-state index in [1.54, 1.807) is 6.20 Å². The molecule has 0 saturated carbocycles. The molecule has 22 heavy (non-hydrogen) atoms. The zero-order valence-corrected chi connectivity index (χ0v) is 15.1. The van der Waals surface area contributed by atoms with Crippen LogP contribution in [0.2, 0.25) is 0 Å². The molecule has 0 spiro atoms. The number of rotatable bonds is 3. The van der Waals surface area contributed by atoms with Crippen LogP contribution in [0, 0.1) is 0 Å². The molecule has 1 atom stereocenters. The first-order chi connectivity index (χ1) is 10.1. The van der Waals surface area contributed by atoms with Crippen molar-refractivity contribution in [2.45, 2.75) is 45.1 Å². The zero-order valence-electron chi connectivity index (χ0n) is 13.4. The molecule has 1 amide bonds. The minimum atomic E-state index is -3.20. The molecule has 1 saturated heterocycles. The van der Waals surface area contributed by atoms with E-state index in [0.717, 1.165) is 17.8 Å². The van der Waals surface area contributed by atoms with Crippen LogP contribution in [0.3, 0.4) is 0 Å². The van der Waals surface area contributed by atoms with E-state index in [1.165, 1.54) is 21.9 Å². The molecule has 1 aliphatic heterocycles. The number of hydrogen-bond donors (Lipinski definition) is 1. The summed E-state index contributed by atoms with van der Waals surface area (Å²) < 4.78 is 24.6. The van der Waals surface area contributed by atoms with Crippen molar-refractivity contribution in [2.24, 2.45) is 0 Å². The van der Waals surface area contributed by atoms with Gasteiger partial charge in [0.15, 0.2) is 0 Å². The third-order valence-corrected chi connectivity index (χ3v) is 6.25. The van der Waals surface area contributed by atoms with Crippen LogP contribution in [0.4, 0.5) is 0 Å². The number of nitrogens with one attached hydrogen (secondary N) is 1. The Morgan fingerprint density at radius 1 is 1.45 bits per heavy atom. The number of piperidine rings is 1. The average molecular weight is 345 g/mol. The molecule has 2 heterocycles. The summed E-state index contributed by atoms with van der Waals surface area (Å²) in [6, 6.07) is -0.142. The van der Waals surface area contributed by atoms with E-state index in [4.69, 9.17) is 0 Å². The second-order valence-corrected chi connectivity index (χ2v) is 9.73. The molecular formula is C14H23N3O3S2.